The zero-order chi connectivity index (χ0) is 21.5. The summed E-state index contributed by atoms with van der Waals surface area (Å²) in [5.41, 5.74) is 2.61. The number of piperazine rings is 1. The average molecular weight is 417 g/mol. The van der Waals surface area contributed by atoms with Crippen molar-refractivity contribution in [2.24, 2.45) is 0 Å². The van der Waals surface area contributed by atoms with Gasteiger partial charge >= 0.3 is 11.8 Å². The van der Waals surface area contributed by atoms with Gasteiger partial charge in [0.2, 0.25) is 0 Å². The van der Waals surface area contributed by atoms with Crippen molar-refractivity contribution in [3.63, 3.8) is 0 Å². The van der Waals surface area contributed by atoms with Gasteiger partial charge in [-0.05, 0) is 54.8 Å². The van der Waals surface area contributed by atoms with Gasteiger partial charge in [-0.25, -0.2) is 9.78 Å². The Morgan fingerprint density at radius 2 is 1.73 bits per heavy atom. The van der Waals surface area contributed by atoms with Crippen molar-refractivity contribution in [2.45, 2.75) is 26.6 Å². The molecular weight excluding hydrogens is 395 g/mol. The monoisotopic (exact) mass is 417 g/mol. The smallest absolute Gasteiger partial charge is 0.417 e. The Labute approximate surface area is 171 Å². The van der Waals surface area contributed by atoms with E-state index in [-0.39, 0.29) is 5.63 Å². The molecule has 1 fully saturated rings. The van der Waals surface area contributed by atoms with Crippen molar-refractivity contribution >= 4 is 16.8 Å². The molecule has 1 aromatic carbocycles. The first kappa shape index (κ1) is 20.4. The standard InChI is InChI=1S/C22H22F3N3O2/c1-14-9-18-16(11-21(29)30-19(18)10-15(14)2)13-27-5-7-28(8-6-27)20-4-3-17(12-26-20)22(23,24)25/h3-4,9-12H,5-8,13H2,1-2H3. The van der Waals surface area contributed by atoms with E-state index in [1.807, 2.05) is 30.9 Å². The predicted octanol–water partition coefficient (Wildman–Crippen LogP) is 4.15. The molecule has 158 valence electrons. The number of hydrogen-bond acceptors (Lipinski definition) is 5. The number of benzene rings is 1. The van der Waals surface area contributed by atoms with Gasteiger partial charge in [0.15, 0.2) is 0 Å². The lowest BCUT2D eigenvalue weighted by atomic mass is 10.0. The lowest BCUT2D eigenvalue weighted by Crippen LogP contribution is -2.46. The van der Waals surface area contributed by atoms with Crippen molar-refractivity contribution in [3.05, 3.63) is 69.2 Å². The van der Waals surface area contributed by atoms with Gasteiger partial charge in [0.25, 0.3) is 0 Å². The summed E-state index contributed by atoms with van der Waals surface area (Å²) in [6, 6.07) is 7.96. The summed E-state index contributed by atoms with van der Waals surface area (Å²) in [5.74, 6) is 0.541. The maximum absolute atomic E-state index is 12.7. The number of alkyl halides is 3. The second kappa shape index (κ2) is 7.75. The molecule has 30 heavy (non-hydrogen) atoms. The van der Waals surface area contributed by atoms with E-state index in [0.717, 1.165) is 47.4 Å². The minimum atomic E-state index is -4.38. The Hall–Kier alpha value is -2.87. The molecule has 0 spiro atoms. The van der Waals surface area contributed by atoms with Crippen molar-refractivity contribution in [1.82, 2.24) is 9.88 Å². The molecule has 0 bridgehead atoms. The van der Waals surface area contributed by atoms with E-state index >= 15 is 0 Å². The summed E-state index contributed by atoms with van der Waals surface area (Å²) in [4.78, 5) is 20.2. The lowest BCUT2D eigenvalue weighted by molar-refractivity contribution is -0.137. The summed E-state index contributed by atoms with van der Waals surface area (Å²) in [5, 5.41) is 0.935. The highest BCUT2D eigenvalue weighted by molar-refractivity contribution is 5.81. The molecular formula is C22H22F3N3O2. The predicted molar refractivity (Wildman–Crippen MR) is 109 cm³/mol. The summed E-state index contributed by atoms with van der Waals surface area (Å²) in [6.07, 6.45) is -3.51. The molecule has 3 heterocycles. The normalized spacial score (nSPS) is 15.7. The van der Waals surface area contributed by atoms with Crippen LogP contribution in [0.3, 0.4) is 0 Å². The van der Waals surface area contributed by atoms with E-state index in [0.29, 0.717) is 31.0 Å². The van der Waals surface area contributed by atoms with Crippen LogP contribution in [0.15, 0.2) is 45.7 Å². The first-order valence-electron chi connectivity index (χ1n) is 9.75. The number of halogens is 3. The van der Waals surface area contributed by atoms with Gasteiger partial charge in [0.05, 0.1) is 5.56 Å². The molecule has 8 heteroatoms. The molecule has 0 N–H and O–H groups in total. The van der Waals surface area contributed by atoms with Crippen molar-refractivity contribution in [2.75, 3.05) is 31.1 Å². The molecule has 0 saturated carbocycles. The minimum Gasteiger partial charge on any atom is -0.423 e. The molecule has 0 atom stereocenters. The quantitative estimate of drug-likeness (QED) is 0.600. The Bertz CT molecular complexity index is 1120. The Morgan fingerprint density at radius 1 is 1.03 bits per heavy atom. The number of rotatable bonds is 3. The molecule has 0 aliphatic carbocycles. The van der Waals surface area contributed by atoms with Crippen LogP contribution in [-0.4, -0.2) is 36.1 Å². The molecule has 5 nitrogen and oxygen atoms in total. The molecule has 1 aliphatic heterocycles. The Balaban J connectivity index is 1.47. The van der Waals surface area contributed by atoms with Crippen LogP contribution in [-0.2, 0) is 12.7 Å². The molecule has 3 aromatic rings. The summed E-state index contributed by atoms with van der Waals surface area (Å²) in [6.45, 7) is 7.35. The summed E-state index contributed by atoms with van der Waals surface area (Å²) >= 11 is 0. The largest absolute Gasteiger partial charge is 0.423 e. The van der Waals surface area contributed by atoms with Crippen LogP contribution < -0.4 is 10.5 Å². The first-order chi connectivity index (χ1) is 14.2. The highest BCUT2D eigenvalue weighted by Gasteiger charge is 2.31. The van der Waals surface area contributed by atoms with Gasteiger partial charge in [0.1, 0.15) is 11.4 Å². The van der Waals surface area contributed by atoms with Gasteiger partial charge in [-0.15, -0.1) is 0 Å². The number of fused-ring (bicyclic) bond motifs is 1. The third-order valence-electron chi connectivity index (χ3n) is 5.61. The van der Waals surface area contributed by atoms with Crippen LogP contribution >= 0.6 is 0 Å². The van der Waals surface area contributed by atoms with Crippen LogP contribution in [0.1, 0.15) is 22.3 Å². The highest BCUT2D eigenvalue weighted by atomic mass is 19.4. The van der Waals surface area contributed by atoms with Crippen LogP contribution in [0, 0.1) is 13.8 Å². The summed E-state index contributed by atoms with van der Waals surface area (Å²) in [7, 11) is 0. The van der Waals surface area contributed by atoms with Crippen molar-refractivity contribution < 1.29 is 17.6 Å². The van der Waals surface area contributed by atoms with Gasteiger partial charge < -0.3 is 9.32 Å². The fourth-order valence-corrected chi connectivity index (χ4v) is 3.73. The molecule has 1 saturated heterocycles. The minimum absolute atomic E-state index is 0.367. The fourth-order valence-electron chi connectivity index (χ4n) is 3.73. The van der Waals surface area contributed by atoms with E-state index < -0.39 is 11.7 Å². The molecule has 2 aromatic heterocycles. The topological polar surface area (TPSA) is 49.6 Å². The number of aromatic nitrogens is 1. The maximum atomic E-state index is 12.7. The van der Waals surface area contributed by atoms with Gasteiger partial charge in [0, 0.05) is 50.4 Å². The fraction of sp³-hybridized carbons (Fsp3) is 0.364. The SMILES string of the molecule is Cc1cc2oc(=O)cc(CN3CCN(c4ccc(C(F)(F)F)cn4)CC3)c2cc1C. The zero-order valence-corrected chi connectivity index (χ0v) is 16.8. The van der Waals surface area contributed by atoms with Gasteiger partial charge in [-0.1, -0.05) is 0 Å². The number of nitrogens with zero attached hydrogens (tertiary/aromatic N) is 3. The third kappa shape index (κ3) is 4.18. The maximum Gasteiger partial charge on any atom is 0.417 e. The second-order valence-corrected chi connectivity index (χ2v) is 7.69. The van der Waals surface area contributed by atoms with E-state index in [1.165, 1.54) is 6.07 Å². The first-order valence-corrected chi connectivity index (χ1v) is 9.75. The molecule has 4 rings (SSSR count). The van der Waals surface area contributed by atoms with Crippen molar-refractivity contribution in [3.8, 4) is 0 Å². The average Bonchev–Trinajstić information content (AvgIpc) is 2.69. The van der Waals surface area contributed by atoms with Gasteiger partial charge in [-0.3, -0.25) is 4.90 Å². The second-order valence-electron chi connectivity index (χ2n) is 7.69. The third-order valence-corrected chi connectivity index (χ3v) is 5.61. The number of anilines is 1. The Kier molecular flexibility index (Phi) is 5.27. The van der Waals surface area contributed by atoms with Crippen LogP contribution in [0.4, 0.5) is 19.0 Å². The molecule has 0 unspecified atom stereocenters. The van der Waals surface area contributed by atoms with E-state index in [9.17, 15) is 18.0 Å². The van der Waals surface area contributed by atoms with Crippen LogP contribution in [0.2, 0.25) is 0 Å². The number of hydrogen-bond donors (Lipinski definition) is 0. The van der Waals surface area contributed by atoms with Crippen LogP contribution in [0.25, 0.3) is 11.0 Å². The van der Waals surface area contributed by atoms with E-state index in [2.05, 4.69) is 9.88 Å². The number of aryl methyl sites for hydroxylation is 2. The lowest BCUT2D eigenvalue weighted by Gasteiger charge is -2.35. The molecule has 1 aliphatic rings. The highest BCUT2D eigenvalue weighted by Crippen LogP contribution is 2.29. The number of pyridine rings is 1. The Morgan fingerprint density at radius 3 is 2.37 bits per heavy atom. The molecule has 0 amide bonds. The van der Waals surface area contributed by atoms with E-state index in [1.54, 1.807) is 6.07 Å². The molecule has 0 radical (unpaired) electrons. The zero-order valence-electron chi connectivity index (χ0n) is 16.8. The van der Waals surface area contributed by atoms with Crippen LogP contribution in [0.5, 0.6) is 0 Å². The van der Waals surface area contributed by atoms with E-state index in [4.69, 9.17) is 4.42 Å². The summed E-state index contributed by atoms with van der Waals surface area (Å²) < 4.78 is 43.5. The van der Waals surface area contributed by atoms with Crippen molar-refractivity contribution in [1.29, 1.82) is 0 Å². The van der Waals surface area contributed by atoms with Gasteiger partial charge in [-0.2, -0.15) is 13.2 Å².